The second-order valence-corrected chi connectivity index (χ2v) is 5.34. The third-order valence-electron chi connectivity index (χ3n) is 4.05. The number of benzene rings is 1. The van der Waals surface area contributed by atoms with Crippen molar-refractivity contribution in [2.45, 2.75) is 18.8 Å². The zero-order chi connectivity index (χ0) is 13.9. The van der Waals surface area contributed by atoms with Gasteiger partial charge in [-0.15, -0.1) is 0 Å². The maximum Gasteiger partial charge on any atom is 0.246 e. The van der Waals surface area contributed by atoms with Gasteiger partial charge < -0.3 is 15.5 Å². The number of para-hydroxylation sites is 1. The van der Waals surface area contributed by atoms with Crippen LogP contribution >= 0.6 is 0 Å². The summed E-state index contributed by atoms with van der Waals surface area (Å²) in [6, 6.07) is 7.98. The number of piperazine rings is 1. The molecular formula is C15H19N3O2. The third-order valence-corrected chi connectivity index (χ3v) is 4.05. The van der Waals surface area contributed by atoms with Gasteiger partial charge in [-0.1, -0.05) is 18.2 Å². The standard InChI is InChI=1S/C15H19N3O2/c19-14-10-18(15(20)9-17-14)13-4-2-1-3-12(13)11-5-7-16-8-6-11/h1-4,11,16H,5-10H2,(H,17,19). The van der Waals surface area contributed by atoms with Gasteiger partial charge in [-0.2, -0.15) is 0 Å². The lowest BCUT2D eigenvalue weighted by atomic mass is 9.88. The molecule has 0 unspecified atom stereocenters. The fourth-order valence-electron chi connectivity index (χ4n) is 2.99. The Kier molecular flexibility index (Phi) is 3.69. The van der Waals surface area contributed by atoms with Crippen molar-refractivity contribution in [1.82, 2.24) is 10.6 Å². The van der Waals surface area contributed by atoms with Crippen LogP contribution in [0.25, 0.3) is 0 Å². The van der Waals surface area contributed by atoms with E-state index in [9.17, 15) is 9.59 Å². The van der Waals surface area contributed by atoms with Gasteiger partial charge in [-0.3, -0.25) is 9.59 Å². The predicted molar refractivity (Wildman–Crippen MR) is 76.6 cm³/mol. The van der Waals surface area contributed by atoms with Gasteiger partial charge in [0, 0.05) is 5.69 Å². The first-order chi connectivity index (χ1) is 9.75. The minimum Gasteiger partial charge on any atom is -0.345 e. The Morgan fingerprint density at radius 2 is 1.85 bits per heavy atom. The number of carbonyl (C=O) groups excluding carboxylic acids is 2. The molecule has 0 saturated carbocycles. The van der Waals surface area contributed by atoms with E-state index in [1.165, 1.54) is 5.56 Å². The van der Waals surface area contributed by atoms with E-state index in [4.69, 9.17) is 0 Å². The zero-order valence-electron chi connectivity index (χ0n) is 11.4. The largest absolute Gasteiger partial charge is 0.345 e. The second kappa shape index (κ2) is 5.63. The van der Waals surface area contributed by atoms with Gasteiger partial charge in [0.2, 0.25) is 11.8 Å². The van der Waals surface area contributed by atoms with Crippen LogP contribution in [0, 0.1) is 0 Å². The molecular weight excluding hydrogens is 254 g/mol. The van der Waals surface area contributed by atoms with Crippen molar-refractivity contribution in [3.05, 3.63) is 29.8 Å². The van der Waals surface area contributed by atoms with Crippen molar-refractivity contribution in [3.63, 3.8) is 0 Å². The SMILES string of the molecule is O=C1CN(c2ccccc2C2CCNCC2)C(=O)CN1. The normalized spacial score (nSPS) is 20.9. The highest BCUT2D eigenvalue weighted by Crippen LogP contribution is 2.33. The quantitative estimate of drug-likeness (QED) is 0.830. The number of nitrogens with zero attached hydrogens (tertiary/aromatic N) is 1. The van der Waals surface area contributed by atoms with Crippen LogP contribution in [0.1, 0.15) is 24.3 Å². The summed E-state index contributed by atoms with van der Waals surface area (Å²) in [5.74, 6) is 0.334. The molecule has 2 N–H and O–H groups in total. The van der Waals surface area contributed by atoms with Gasteiger partial charge in [-0.05, 0) is 43.5 Å². The molecule has 2 saturated heterocycles. The van der Waals surface area contributed by atoms with Gasteiger partial charge in [0.05, 0.1) is 6.54 Å². The summed E-state index contributed by atoms with van der Waals surface area (Å²) in [7, 11) is 0. The number of rotatable bonds is 2. The molecule has 0 bridgehead atoms. The van der Waals surface area contributed by atoms with Crippen molar-refractivity contribution in [3.8, 4) is 0 Å². The molecule has 106 valence electrons. The van der Waals surface area contributed by atoms with E-state index in [1.807, 2.05) is 18.2 Å². The lowest BCUT2D eigenvalue weighted by Gasteiger charge is -2.32. The van der Waals surface area contributed by atoms with Gasteiger partial charge in [-0.25, -0.2) is 0 Å². The summed E-state index contributed by atoms with van der Waals surface area (Å²) in [5, 5.41) is 5.95. The Morgan fingerprint density at radius 3 is 2.65 bits per heavy atom. The van der Waals surface area contributed by atoms with Crippen molar-refractivity contribution in [2.75, 3.05) is 31.1 Å². The predicted octanol–water partition coefficient (Wildman–Crippen LogP) is 0.616. The maximum absolute atomic E-state index is 12.1. The van der Waals surface area contributed by atoms with Gasteiger partial charge in [0.15, 0.2) is 0 Å². The van der Waals surface area contributed by atoms with Crippen LogP contribution < -0.4 is 15.5 Å². The first-order valence-corrected chi connectivity index (χ1v) is 7.12. The molecule has 2 heterocycles. The van der Waals surface area contributed by atoms with Crippen molar-refractivity contribution >= 4 is 17.5 Å². The average molecular weight is 273 g/mol. The molecule has 2 fully saturated rings. The van der Waals surface area contributed by atoms with Gasteiger partial charge in [0.25, 0.3) is 0 Å². The summed E-state index contributed by atoms with van der Waals surface area (Å²) in [4.78, 5) is 25.3. The Labute approximate surface area is 118 Å². The fraction of sp³-hybridized carbons (Fsp3) is 0.467. The van der Waals surface area contributed by atoms with E-state index < -0.39 is 0 Å². The zero-order valence-corrected chi connectivity index (χ0v) is 11.4. The molecule has 3 rings (SSSR count). The number of carbonyl (C=O) groups is 2. The summed E-state index contributed by atoms with van der Waals surface area (Å²) in [5.41, 5.74) is 2.09. The first-order valence-electron chi connectivity index (χ1n) is 7.12. The number of hydrogen-bond donors (Lipinski definition) is 2. The minimum absolute atomic E-state index is 0.0361. The highest BCUT2D eigenvalue weighted by Gasteiger charge is 2.28. The monoisotopic (exact) mass is 273 g/mol. The summed E-state index contributed by atoms with van der Waals surface area (Å²) >= 11 is 0. The van der Waals surface area contributed by atoms with Crippen LogP contribution in [0.3, 0.4) is 0 Å². The first kappa shape index (κ1) is 13.1. The third kappa shape index (κ3) is 2.54. The smallest absolute Gasteiger partial charge is 0.246 e. The molecule has 0 atom stereocenters. The molecule has 1 aromatic carbocycles. The molecule has 5 nitrogen and oxygen atoms in total. The molecule has 5 heteroatoms. The molecule has 0 spiro atoms. The number of hydrogen-bond acceptors (Lipinski definition) is 3. The molecule has 2 amide bonds. The fourth-order valence-corrected chi connectivity index (χ4v) is 2.99. The molecule has 2 aliphatic rings. The van der Waals surface area contributed by atoms with Crippen LogP contribution in [0.5, 0.6) is 0 Å². The average Bonchev–Trinajstić information content (AvgIpc) is 2.51. The topological polar surface area (TPSA) is 61.4 Å². The Morgan fingerprint density at radius 1 is 1.10 bits per heavy atom. The number of amides is 2. The van der Waals surface area contributed by atoms with Crippen molar-refractivity contribution in [2.24, 2.45) is 0 Å². The Bertz CT molecular complexity index is 524. The van der Waals surface area contributed by atoms with Crippen LogP contribution in [-0.2, 0) is 9.59 Å². The van der Waals surface area contributed by atoms with E-state index in [0.29, 0.717) is 5.92 Å². The van der Waals surface area contributed by atoms with E-state index in [0.717, 1.165) is 31.6 Å². The summed E-state index contributed by atoms with van der Waals surface area (Å²) in [6.45, 7) is 2.24. The van der Waals surface area contributed by atoms with E-state index >= 15 is 0 Å². The van der Waals surface area contributed by atoms with E-state index in [1.54, 1.807) is 4.90 Å². The van der Waals surface area contributed by atoms with Crippen LogP contribution in [0.15, 0.2) is 24.3 Å². The van der Waals surface area contributed by atoms with Gasteiger partial charge >= 0.3 is 0 Å². The van der Waals surface area contributed by atoms with E-state index in [-0.39, 0.29) is 24.9 Å². The van der Waals surface area contributed by atoms with Crippen molar-refractivity contribution in [1.29, 1.82) is 0 Å². The molecule has 2 aliphatic heterocycles. The molecule has 0 aliphatic carbocycles. The highest BCUT2D eigenvalue weighted by atomic mass is 16.2. The Hall–Kier alpha value is -1.88. The van der Waals surface area contributed by atoms with Crippen LogP contribution in [0.4, 0.5) is 5.69 Å². The maximum atomic E-state index is 12.1. The molecule has 0 aromatic heterocycles. The Balaban J connectivity index is 1.92. The number of piperidine rings is 1. The minimum atomic E-state index is -0.0929. The van der Waals surface area contributed by atoms with Crippen molar-refractivity contribution < 1.29 is 9.59 Å². The van der Waals surface area contributed by atoms with Crippen LogP contribution in [-0.4, -0.2) is 38.0 Å². The van der Waals surface area contributed by atoms with Crippen LogP contribution in [0.2, 0.25) is 0 Å². The number of nitrogens with one attached hydrogen (secondary N) is 2. The lowest BCUT2D eigenvalue weighted by molar-refractivity contribution is -0.128. The van der Waals surface area contributed by atoms with E-state index in [2.05, 4.69) is 16.7 Å². The summed E-state index contributed by atoms with van der Waals surface area (Å²) < 4.78 is 0. The molecule has 1 aromatic rings. The summed E-state index contributed by atoms with van der Waals surface area (Å²) in [6.07, 6.45) is 2.15. The lowest BCUT2D eigenvalue weighted by Crippen LogP contribution is -2.52. The molecule has 20 heavy (non-hydrogen) atoms. The number of anilines is 1. The highest BCUT2D eigenvalue weighted by molar-refractivity contribution is 6.05. The van der Waals surface area contributed by atoms with Gasteiger partial charge in [0.1, 0.15) is 6.54 Å². The second-order valence-electron chi connectivity index (χ2n) is 5.34. The molecule has 0 radical (unpaired) electrons.